The molecule has 0 aromatic carbocycles. The van der Waals surface area contributed by atoms with Crippen LogP contribution < -0.4 is 0 Å². The SMILES string of the molecule is C[C@@H]1CC(=O)C[C@H]2CCCCN21. The first-order valence-electron chi connectivity index (χ1n) is 5.05. The van der Waals surface area contributed by atoms with Crippen molar-refractivity contribution >= 4 is 5.78 Å². The number of fused-ring (bicyclic) bond motifs is 1. The van der Waals surface area contributed by atoms with Crippen molar-refractivity contribution in [3.05, 3.63) is 0 Å². The fourth-order valence-electron chi connectivity index (χ4n) is 2.62. The van der Waals surface area contributed by atoms with Crippen LogP contribution in [0.5, 0.6) is 0 Å². The molecule has 12 heavy (non-hydrogen) atoms. The minimum atomic E-state index is 0.477. The minimum absolute atomic E-state index is 0.477. The van der Waals surface area contributed by atoms with Crippen LogP contribution in [0.15, 0.2) is 0 Å². The molecule has 2 nitrogen and oxygen atoms in total. The Kier molecular flexibility index (Phi) is 2.18. The summed E-state index contributed by atoms with van der Waals surface area (Å²) >= 11 is 0. The second-order valence-corrected chi connectivity index (χ2v) is 4.18. The zero-order chi connectivity index (χ0) is 8.55. The zero-order valence-corrected chi connectivity index (χ0v) is 7.75. The molecule has 0 saturated carbocycles. The number of carbonyl (C=O) groups excluding carboxylic acids is 1. The highest BCUT2D eigenvalue weighted by Crippen LogP contribution is 2.27. The van der Waals surface area contributed by atoms with Crippen LogP contribution in [0, 0.1) is 0 Å². The van der Waals surface area contributed by atoms with Gasteiger partial charge in [-0.3, -0.25) is 9.69 Å². The third-order valence-electron chi connectivity index (χ3n) is 3.23. The summed E-state index contributed by atoms with van der Waals surface area (Å²) in [7, 11) is 0. The quantitative estimate of drug-likeness (QED) is 0.546. The molecule has 68 valence electrons. The van der Waals surface area contributed by atoms with Crippen LogP contribution in [0.3, 0.4) is 0 Å². The second kappa shape index (κ2) is 3.17. The van der Waals surface area contributed by atoms with Crippen molar-refractivity contribution in [1.82, 2.24) is 4.90 Å². The van der Waals surface area contributed by atoms with Gasteiger partial charge in [-0.2, -0.15) is 0 Å². The minimum Gasteiger partial charge on any atom is -0.300 e. The number of ketones is 1. The third kappa shape index (κ3) is 1.40. The molecule has 2 aliphatic heterocycles. The molecule has 0 radical (unpaired) electrons. The fraction of sp³-hybridized carbons (Fsp3) is 0.900. The maximum atomic E-state index is 11.3. The average molecular weight is 167 g/mol. The molecule has 0 aliphatic carbocycles. The van der Waals surface area contributed by atoms with Gasteiger partial charge in [0.2, 0.25) is 0 Å². The standard InChI is InChI=1S/C10H17NO/c1-8-6-10(12)7-9-4-2-3-5-11(8)9/h8-9H,2-7H2,1H3/t8-,9-/m1/s1. The van der Waals surface area contributed by atoms with Crippen LogP contribution in [0.25, 0.3) is 0 Å². The fourth-order valence-corrected chi connectivity index (χ4v) is 2.62. The van der Waals surface area contributed by atoms with Gasteiger partial charge in [0, 0.05) is 24.9 Å². The molecular formula is C10H17NO. The van der Waals surface area contributed by atoms with Gasteiger partial charge in [-0.1, -0.05) is 6.42 Å². The van der Waals surface area contributed by atoms with Gasteiger partial charge in [0.25, 0.3) is 0 Å². The molecule has 0 bridgehead atoms. The van der Waals surface area contributed by atoms with E-state index in [1.807, 2.05) is 0 Å². The average Bonchev–Trinajstić information content (AvgIpc) is 2.04. The zero-order valence-electron chi connectivity index (χ0n) is 7.75. The molecule has 2 heteroatoms. The molecule has 0 spiro atoms. The molecule has 0 unspecified atom stereocenters. The predicted molar refractivity (Wildman–Crippen MR) is 48.0 cm³/mol. The topological polar surface area (TPSA) is 20.3 Å². The molecule has 2 aliphatic rings. The number of hydrogen-bond donors (Lipinski definition) is 0. The van der Waals surface area contributed by atoms with Gasteiger partial charge >= 0.3 is 0 Å². The maximum absolute atomic E-state index is 11.3. The first-order valence-corrected chi connectivity index (χ1v) is 5.05. The van der Waals surface area contributed by atoms with E-state index in [-0.39, 0.29) is 0 Å². The summed E-state index contributed by atoms with van der Waals surface area (Å²) in [5.74, 6) is 0.477. The molecule has 2 fully saturated rings. The second-order valence-electron chi connectivity index (χ2n) is 4.18. The Bertz CT molecular complexity index is 190. The molecule has 0 amide bonds. The van der Waals surface area contributed by atoms with Crippen molar-refractivity contribution in [2.75, 3.05) is 6.54 Å². The number of carbonyl (C=O) groups is 1. The van der Waals surface area contributed by atoms with E-state index in [2.05, 4.69) is 11.8 Å². The molecular weight excluding hydrogens is 150 g/mol. The molecule has 2 rings (SSSR count). The summed E-state index contributed by atoms with van der Waals surface area (Å²) in [6.07, 6.45) is 5.51. The summed E-state index contributed by atoms with van der Waals surface area (Å²) in [5, 5.41) is 0. The summed E-state index contributed by atoms with van der Waals surface area (Å²) in [6.45, 7) is 3.41. The molecule has 0 aromatic rings. The van der Waals surface area contributed by atoms with Gasteiger partial charge in [0.1, 0.15) is 5.78 Å². The smallest absolute Gasteiger partial charge is 0.136 e. The third-order valence-corrected chi connectivity index (χ3v) is 3.23. The van der Waals surface area contributed by atoms with Crippen molar-refractivity contribution in [1.29, 1.82) is 0 Å². The molecule has 0 N–H and O–H groups in total. The summed E-state index contributed by atoms with van der Waals surface area (Å²) < 4.78 is 0. The van der Waals surface area contributed by atoms with E-state index in [1.54, 1.807) is 0 Å². The van der Waals surface area contributed by atoms with E-state index in [1.165, 1.54) is 25.8 Å². The number of nitrogens with zero attached hydrogens (tertiary/aromatic N) is 1. The van der Waals surface area contributed by atoms with E-state index in [9.17, 15) is 4.79 Å². The number of Topliss-reactive ketones (excluding diaryl/α,β-unsaturated/α-hetero) is 1. The van der Waals surface area contributed by atoms with Gasteiger partial charge in [0.05, 0.1) is 0 Å². The summed E-state index contributed by atoms with van der Waals surface area (Å²) in [6, 6.07) is 1.10. The Balaban J connectivity index is 2.06. The van der Waals surface area contributed by atoms with Crippen LogP contribution in [0.1, 0.15) is 39.0 Å². The van der Waals surface area contributed by atoms with E-state index in [4.69, 9.17) is 0 Å². The van der Waals surface area contributed by atoms with Crippen molar-refractivity contribution < 1.29 is 4.79 Å². The molecule has 2 heterocycles. The lowest BCUT2D eigenvalue weighted by Crippen LogP contribution is -2.50. The van der Waals surface area contributed by atoms with Crippen molar-refractivity contribution in [3.63, 3.8) is 0 Å². The first kappa shape index (κ1) is 8.24. The van der Waals surface area contributed by atoms with Crippen LogP contribution in [0.4, 0.5) is 0 Å². The van der Waals surface area contributed by atoms with Crippen LogP contribution in [-0.2, 0) is 4.79 Å². The van der Waals surface area contributed by atoms with E-state index >= 15 is 0 Å². The number of piperidine rings is 2. The molecule has 2 saturated heterocycles. The van der Waals surface area contributed by atoms with E-state index in [0.29, 0.717) is 17.9 Å². The summed E-state index contributed by atoms with van der Waals surface area (Å²) in [5.41, 5.74) is 0. The van der Waals surface area contributed by atoms with Gasteiger partial charge in [-0.15, -0.1) is 0 Å². The van der Waals surface area contributed by atoms with E-state index < -0.39 is 0 Å². The van der Waals surface area contributed by atoms with Crippen LogP contribution >= 0.6 is 0 Å². The Morgan fingerprint density at radius 1 is 1.33 bits per heavy atom. The van der Waals surface area contributed by atoms with Crippen molar-refractivity contribution in [2.24, 2.45) is 0 Å². The van der Waals surface area contributed by atoms with Crippen LogP contribution in [0.2, 0.25) is 0 Å². The normalized spacial score (nSPS) is 37.9. The lowest BCUT2D eigenvalue weighted by atomic mass is 9.89. The monoisotopic (exact) mass is 167 g/mol. The van der Waals surface area contributed by atoms with Gasteiger partial charge in [-0.25, -0.2) is 0 Å². The Morgan fingerprint density at radius 3 is 3.00 bits per heavy atom. The van der Waals surface area contributed by atoms with Crippen LogP contribution in [-0.4, -0.2) is 29.3 Å². The lowest BCUT2D eigenvalue weighted by Gasteiger charge is -2.42. The largest absolute Gasteiger partial charge is 0.300 e. The first-order chi connectivity index (χ1) is 5.77. The van der Waals surface area contributed by atoms with E-state index in [0.717, 1.165) is 12.8 Å². The molecule has 0 aromatic heterocycles. The van der Waals surface area contributed by atoms with Crippen molar-refractivity contribution in [2.45, 2.75) is 51.1 Å². The molecule has 2 atom stereocenters. The Hall–Kier alpha value is -0.370. The van der Waals surface area contributed by atoms with Gasteiger partial charge < -0.3 is 0 Å². The summed E-state index contributed by atoms with van der Waals surface area (Å²) in [4.78, 5) is 13.8. The number of rotatable bonds is 0. The predicted octanol–water partition coefficient (Wildman–Crippen LogP) is 1.59. The number of hydrogen-bond acceptors (Lipinski definition) is 2. The Labute approximate surface area is 73.9 Å². The highest BCUT2D eigenvalue weighted by molar-refractivity contribution is 5.80. The van der Waals surface area contributed by atoms with Crippen molar-refractivity contribution in [3.8, 4) is 0 Å². The highest BCUT2D eigenvalue weighted by atomic mass is 16.1. The van der Waals surface area contributed by atoms with Gasteiger partial charge in [-0.05, 0) is 26.3 Å². The highest BCUT2D eigenvalue weighted by Gasteiger charge is 2.33. The maximum Gasteiger partial charge on any atom is 0.136 e. The Morgan fingerprint density at radius 2 is 2.17 bits per heavy atom. The van der Waals surface area contributed by atoms with Gasteiger partial charge in [0.15, 0.2) is 0 Å². The lowest BCUT2D eigenvalue weighted by molar-refractivity contribution is -0.125.